The lowest BCUT2D eigenvalue weighted by Gasteiger charge is -2.21. The predicted octanol–water partition coefficient (Wildman–Crippen LogP) is 3.45. The number of carboxylic acids is 1. The molecule has 0 fully saturated rings. The maximum Gasteiger partial charge on any atom is 0.387 e. The fourth-order valence-corrected chi connectivity index (χ4v) is 2.25. The molecule has 128 valence electrons. The molecular weight excluding hydrogens is 332 g/mol. The highest BCUT2D eigenvalue weighted by atomic mass is 35.5. The lowest BCUT2D eigenvalue weighted by atomic mass is 9.85. The fourth-order valence-electron chi connectivity index (χ4n) is 2.06. The van der Waals surface area contributed by atoms with Gasteiger partial charge in [0.1, 0.15) is 5.75 Å². The Morgan fingerprint density at radius 2 is 2.00 bits per heavy atom. The first kappa shape index (κ1) is 19.2. The van der Waals surface area contributed by atoms with Crippen molar-refractivity contribution in [2.45, 2.75) is 39.8 Å². The molecule has 0 aliphatic rings. The first-order chi connectivity index (χ1) is 10.6. The van der Waals surface area contributed by atoms with Crippen molar-refractivity contribution in [3.63, 3.8) is 0 Å². The van der Waals surface area contributed by atoms with Gasteiger partial charge < -0.3 is 15.2 Å². The second-order valence-electron chi connectivity index (χ2n) is 5.82. The Labute approximate surface area is 137 Å². The molecule has 0 unspecified atom stereocenters. The van der Waals surface area contributed by atoms with Crippen molar-refractivity contribution in [2.24, 2.45) is 5.41 Å². The summed E-state index contributed by atoms with van der Waals surface area (Å²) in [5.41, 5.74) is -0.408. The first-order valence-corrected chi connectivity index (χ1v) is 7.18. The average Bonchev–Trinajstić information content (AvgIpc) is 2.36. The van der Waals surface area contributed by atoms with Gasteiger partial charge in [0.05, 0.1) is 6.42 Å². The molecule has 0 spiro atoms. The van der Waals surface area contributed by atoms with Crippen molar-refractivity contribution in [3.05, 3.63) is 28.8 Å². The second kappa shape index (κ2) is 8.10. The van der Waals surface area contributed by atoms with Gasteiger partial charge in [0.15, 0.2) is 0 Å². The third kappa shape index (κ3) is 7.27. The highest BCUT2D eigenvalue weighted by Crippen LogP contribution is 2.26. The number of hydrogen-bond acceptors (Lipinski definition) is 3. The fraction of sp³-hybridized carbons (Fsp3) is 0.467. The molecule has 0 aliphatic heterocycles. The summed E-state index contributed by atoms with van der Waals surface area (Å²) in [5, 5.41) is 11.7. The molecule has 1 aromatic carbocycles. The zero-order valence-corrected chi connectivity index (χ0v) is 13.5. The minimum Gasteiger partial charge on any atom is -0.481 e. The van der Waals surface area contributed by atoms with Gasteiger partial charge in [-0.3, -0.25) is 9.59 Å². The number of halogens is 3. The van der Waals surface area contributed by atoms with Crippen LogP contribution in [-0.2, 0) is 16.1 Å². The van der Waals surface area contributed by atoms with E-state index in [1.54, 1.807) is 13.8 Å². The summed E-state index contributed by atoms with van der Waals surface area (Å²) in [5.74, 6) is -1.46. The smallest absolute Gasteiger partial charge is 0.387 e. The molecule has 0 heterocycles. The summed E-state index contributed by atoms with van der Waals surface area (Å²) in [7, 11) is 0. The van der Waals surface area contributed by atoms with Crippen LogP contribution in [0.1, 0.15) is 32.3 Å². The van der Waals surface area contributed by atoms with E-state index in [9.17, 15) is 18.4 Å². The molecule has 0 saturated carbocycles. The molecule has 0 atom stereocenters. The van der Waals surface area contributed by atoms with Gasteiger partial charge >= 0.3 is 12.6 Å². The van der Waals surface area contributed by atoms with E-state index in [1.165, 1.54) is 18.2 Å². The van der Waals surface area contributed by atoms with Crippen molar-refractivity contribution in [1.29, 1.82) is 0 Å². The van der Waals surface area contributed by atoms with Crippen LogP contribution in [0.3, 0.4) is 0 Å². The van der Waals surface area contributed by atoms with Gasteiger partial charge in [-0.2, -0.15) is 8.78 Å². The minimum absolute atomic E-state index is 0.00902. The minimum atomic E-state index is -2.99. The third-order valence-electron chi connectivity index (χ3n) is 2.98. The van der Waals surface area contributed by atoms with E-state index in [1.807, 2.05) is 0 Å². The zero-order valence-electron chi connectivity index (χ0n) is 12.7. The zero-order chi connectivity index (χ0) is 17.6. The summed E-state index contributed by atoms with van der Waals surface area (Å²) in [6.07, 6.45) is -0.164. The molecular formula is C15H18ClF2NO4. The monoisotopic (exact) mass is 349 g/mol. The number of amides is 1. The van der Waals surface area contributed by atoms with Crippen LogP contribution in [0.25, 0.3) is 0 Å². The Balaban J connectivity index is 2.68. The number of carbonyl (C=O) groups excluding carboxylic acids is 1. The quantitative estimate of drug-likeness (QED) is 0.753. The Kier molecular flexibility index (Phi) is 6.75. The molecule has 0 aliphatic carbocycles. The van der Waals surface area contributed by atoms with E-state index in [2.05, 4.69) is 10.1 Å². The van der Waals surface area contributed by atoms with Crippen LogP contribution in [0.15, 0.2) is 18.2 Å². The van der Waals surface area contributed by atoms with E-state index in [0.29, 0.717) is 10.6 Å². The topological polar surface area (TPSA) is 75.6 Å². The van der Waals surface area contributed by atoms with Gasteiger partial charge in [0, 0.05) is 23.6 Å². The lowest BCUT2D eigenvalue weighted by Crippen LogP contribution is -2.30. The third-order valence-corrected chi connectivity index (χ3v) is 3.22. The molecule has 0 aromatic heterocycles. The Bertz CT molecular complexity index is 579. The van der Waals surface area contributed by atoms with Crippen LogP contribution in [0.4, 0.5) is 8.78 Å². The molecule has 2 N–H and O–H groups in total. The van der Waals surface area contributed by atoms with Crippen LogP contribution >= 0.6 is 11.6 Å². The number of ether oxygens (including phenoxy) is 1. The van der Waals surface area contributed by atoms with Crippen molar-refractivity contribution < 1.29 is 28.2 Å². The van der Waals surface area contributed by atoms with Crippen LogP contribution in [0.2, 0.25) is 5.02 Å². The molecule has 1 amide bonds. The van der Waals surface area contributed by atoms with Crippen LogP contribution in [0, 0.1) is 5.41 Å². The number of carbonyl (C=O) groups is 2. The number of carboxylic acid groups (broad SMARTS) is 1. The number of nitrogens with one attached hydrogen (secondary N) is 1. The summed E-state index contributed by atoms with van der Waals surface area (Å²) in [6.45, 7) is 0.279. The Morgan fingerprint density at radius 3 is 2.57 bits per heavy atom. The van der Waals surface area contributed by atoms with Gasteiger partial charge in [-0.1, -0.05) is 25.4 Å². The SMILES string of the molecule is CC(C)(CC(=O)O)CC(=O)NCc1cc(Cl)ccc1OC(F)F. The number of aliphatic carboxylic acids is 1. The van der Waals surface area contributed by atoms with E-state index in [0.717, 1.165) is 0 Å². The maximum atomic E-state index is 12.3. The normalized spacial score (nSPS) is 11.4. The molecule has 1 rings (SSSR count). The standard InChI is InChI=1S/C15H18ClF2NO4/c1-15(2,7-13(21)22)6-12(20)19-8-9-5-10(16)3-4-11(9)23-14(17)18/h3-5,14H,6-8H2,1-2H3,(H,19,20)(H,21,22). The number of benzene rings is 1. The molecule has 0 bridgehead atoms. The molecule has 0 saturated heterocycles. The van der Waals surface area contributed by atoms with Crippen LogP contribution in [0.5, 0.6) is 5.75 Å². The van der Waals surface area contributed by atoms with E-state index in [4.69, 9.17) is 16.7 Å². The van der Waals surface area contributed by atoms with Gasteiger partial charge in [0.2, 0.25) is 5.91 Å². The summed E-state index contributed by atoms with van der Waals surface area (Å²) in [4.78, 5) is 22.6. The molecule has 23 heavy (non-hydrogen) atoms. The largest absolute Gasteiger partial charge is 0.481 e. The average molecular weight is 350 g/mol. The van der Waals surface area contributed by atoms with E-state index in [-0.39, 0.29) is 31.0 Å². The summed E-state index contributed by atoms with van der Waals surface area (Å²) in [6, 6.07) is 4.12. The van der Waals surface area contributed by atoms with Gasteiger partial charge in [-0.05, 0) is 23.6 Å². The molecule has 0 radical (unpaired) electrons. The Morgan fingerprint density at radius 1 is 1.35 bits per heavy atom. The number of hydrogen-bond donors (Lipinski definition) is 2. The molecule has 8 heteroatoms. The van der Waals surface area contributed by atoms with Gasteiger partial charge in [-0.15, -0.1) is 0 Å². The van der Waals surface area contributed by atoms with Crippen LogP contribution < -0.4 is 10.1 Å². The molecule has 5 nitrogen and oxygen atoms in total. The van der Waals surface area contributed by atoms with Crippen LogP contribution in [-0.4, -0.2) is 23.6 Å². The second-order valence-corrected chi connectivity index (χ2v) is 6.26. The summed E-state index contributed by atoms with van der Waals surface area (Å²) < 4.78 is 29.1. The molecule has 1 aromatic rings. The number of alkyl halides is 2. The lowest BCUT2D eigenvalue weighted by molar-refractivity contribution is -0.139. The highest BCUT2D eigenvalue weighted by Gasteiger charge is 2.25. The van der Waals surface area contributed by atoms with E-state index >= 15 is 0 Å². The first-order valence-electron chi connectivity index (χ1n) is 6.81. The highest BCUT2D eigenvalue weighted by molar-refractivity contribution is 6.30. The van der Waals surface area contributed by atoms with E-state index < -0.39 is 18.0 Å². The van der Waals surface area contributed by atoms with Crippen molar-refractivity contribution >= 4 is 23.5 Å². The number of rotatable bonds is 8. The predicted molar refractivity (Wildman–Crippen MR) is 80.6 cm³/mol. The van der Waals surface area contributed by atoms with Gasteiger partial charge in [-0.25, -0.2) is 0 Å². The van der Waals surface area contributed by atoms with Crippen molar-refractivity contribution in [3.8, 4) is 5.75 Å². The van der Waals surface area contributed by atoms with Crippen molar-refractivity contribution in [1.82, 2.24) is 5.32 Å². The maximum absolute atomic E-state index is 12.3. The summed E-state index contributed by atoms with van der Waals surface area (Å²) >= 11 is 5.81. The van der Waals surface area contributed by atoms with Crippen molar-refractivity contribution in [2.75, 3.05) is 0 Å². The van der Waals surface area contributed by atoms with Gasteiger partial charge in [0.25, 0.3) is 0 Å². The Hall–Kier alpha value is -1.89.